The third-order valence-electron chi connectivity index (χ3n) is 4.62. The van der Waals surface area contributed by atoms with Crippen LogP contribution in [0.5, 0.6) is 0 Å². The summed E-state index contributed by atoms with van der Waals surface area (Å²) in [5.41, 5.74) is 3.51. The van der Waals surface area contributed by atoms with E-state index in [-0.39, 0.29) is 0 Å². The SMILES string of the molecule is C=C(C/C=C\C=C\C(C)CC)N(C)C(C)=N/C(=C/C=C(/C)CC)C(C)C. The second-order valence-corrected chi connectivity index (χ2v) is 7.30. The molecule has 1 unspecified atom stereocenters. The van der Waals surface area contributed by atoms with Crippen LogP contribution in [-0.4, -0.2) is 17.8 Å². The van der Waals surface area contributed by atoms with Crippen LogP contribution < -0.4 is 0 Å². The molecule has 0 heterocycles. The number of aliphatic imine (C=N–C) groups is 1. The fraction of sp³-hybridized carbons (Fsp3) is 0.542. The van der Waals surface area contributed by atoms with E-state index in [1.165, 1.54) is 12.0 Å². The molecule has 2 heteroatoms. The first-order chi connectivity index (χ1) is 12.2. The van der Waals surface area contributed by atoms with Gasteiger partial charge in [0.1, 0.15) is 5.84 Å². The number of nitrogens with zero attached hydrogens (tertiary/aromatic N) is 2. The fourth-order valence-corrected chi connectivity index (χ4v) is 2.00. The van der Waals surface area contributed by atoms with Crippen molar-refractivity contribution < 1.29 is 0 Å². The van der Waals surface area contributed by atoms with Crippen molar-refractivity contribution in [3.8, 4) is 0 Å². The summed E-state index contributed by atoms with van der Waals surface area (Å²) in [5.74, 6) is 1.99. The second kappa shape index (κ2) is 13.4. The maximum absolute atomic E-state index is 4.84. The molecule has 0 saturated carbocycles. The summed E-state index contributed by atoms with van der Waals surface area (Å²) >= 11 is 0. The van der Waals surface area contributed by atoms with Gasteiger partial charge in [0.15, 0.2) is 0 Å². The molecule has 0 aliphatic heterocycles. The van der Waals surface area contributed by atoms with Gasteiger partial charge in [0.05, 0.1) is 0 Å². The van der Waals surface area contributed by atoms with Crippen LogP contribution in [0.4, 0.5) is 0 Å². The van der Waals surface area contributed by atoms with Gasteiger partial charge in [-0.3, -0.25) is 0 Å². The molecule has 0 rings (SSSR count). The van der Waals surface area contributed by atoms with Gasteiger partial charge in [-0.1, -0.05) is 83.6 Å². The zero-order chi connectivity index (χ0) is 20.1. The smallest absolute Gasteiger partial charge is 0.105 e. The van der Waals surface area contributed by atoms with Gasteiger partial charge in [-0.2, -0.15) is 0 Å². The Hall–Kier alpha value is -1.83. The molecule has 0 aromatic carbocycles. The lowest BCUT2D eigenvalue weighted by Crippen LogP contribution is -2.23. The van der Waals surface area contributed by atoms with E-state index in [1.807, 2.05) is 14.0 Å². The van der Waals surface area contributed by atoms with E-state index in [0.717, 1.165) is 30.1 Å². The summed E-state index contributed by atoms with van der Waals surface area (Å²) in [6.45, 7) is 19.4. The Kier molecular flexibility index (Phi) is 12.4. The van der Waals surface area contributed by atoms with Crippen LogP contribution in [0.2, 0.25) is 0 Å². The third-order valence-corrected chi connectivity index (χ3v) is 4.62. The van der Waals surface area contributed by atoms with E-state index in [0.29, 0.717) is 11.8 Å². The van der Waals surface area contributed by atoms with Crippen LogP contribution in [0.15, 0.2) is 65.0 Å². The number of hydrogen-bond donors (Lipinski definition) is 0. The molecule has 0 N–H and O–H groups in total. The van der Waals surface area contributed by atoms with Crippen molar-refractivity contribution in [2.24, 2.45) is 16.8 Å². The molecular weight excluding hydrogens is 316 g/mol. The minimum absolute atomic E-state index is 0.387. The van der Waals surface area contributed by atoms with Crippen LogP contribution in [-0.2, 0) is 0 Å². The molecule has 0 spiro atoms. The molecule has 0 bridgehead atoms. The molecule has 146 valence electrons. The maximum atomic E-state index is 4.84. The van der Waals surface area contributed by atoms with Crippen molar-refractivity contribution in [2.75, 3.05) is 7.05 Å². The minimum Gasteiger partial charge on any atom is -0.337 e. The first-order valence-corrected chi connectivity index (χ1v) is 9.90. The normalized spacial score (nSPS) is 15.3. The third kappa shape index (κ3) is 10.2. The van der Waals surface area contributed by atoms with Gasteiger partial charge >= 0.3 is 0 Å². The number of hydrogen-bond acceptors (Lipinski definition) is 1. The minimum atomic E-state index is 0.387. The lowest BCUT2D eigenvalue weighted by Gasteiger charge is -2.21. The Morgan fingerprint density at radius 1 is 1.08 bits per heavy atom. The van der Waals surface area contributed by atoms with Gasteiger partial charge in [-0.15, -0.1) is 0 Å². The fourth-order valence-electron chi connectivity index (χ4n) is 2.00. The Balaban J connectivity index is 4.96. The summed E-state index contributed by atoms with van der Waals surface area (Å²) in [6.07, 6.45) is 16.0. The van der Waals surface area contributed by atoms with Crippen molar-refractivity contribution in [1.82, 2.24) is 4.90 Å². The topological polar surface area (TPSA) is 15.6 Å². The van der Waals surface area contributed by atoms with Gasteiger partial charge < -0.3 is 4.90 Å². The lowest BCUT2D eigenvalue weighted by molar-refractivity contribution is 0.604. The first-order valence-electron chi connectivity index (χ1n) is 9.90. The highest BCUT2D eigenvalue weighted by Crippen LogP contribution is 2.15. The molecule has 0 amide bonds. The zero-order valence-electron chi connectivity index (χ0n) is 18.3. The average molecular weight is 357 g/mol. The van der Waals surface area contributed by atoms with Crippen LogP contribution in [0.25, 0.3) is 0 Å². The number of allylic oxidation sites excluding steroid dienone is 8. The molecule has 26 heavy (non-hydrogen) atoms. The quantitative estimate of drug-likeness (QED) is 0.228. The standard InChI is InChI=1S/C24H40N2/c1-10-20(5)15-13-12-14-16-22(7)26(9)23(8)25-24(19(3)4)18-17-21(6)11-2/h12-15,17-20H,7,10-11,16H2,1-6,8-9H3/b14-12-,15-13+,21-17-,24-18+,25-23?. The second-order valence-electron chi connectivity index (χ2n) is 7.30. The monoisotopic (exact) mass is 356 g/mol. The largest absolute Gasteiger partial charge is 0.337 e. The van der Waals surface area contributed by atoms with Gasteiger partial charge in [0.25, 0.3) is 0 Å². The Morgan fingerprint density at radius 3 is 2.27 bits per heavy atom. The van der Waals surface area contributed by atoms with E-state index in [4.69, 9.17) is 4.99 Å². The van der Waals surface area contributed by atoms with Gasteiger partial charge in [0.2, 0.25) is 0 Å². The van der Waals surface area contributed by atoms with E-state index in [2.05, 4.69) is 89.5 Å². The number of amidine groups is 1. The van der Waals surface area contributed by atoms with Crippen LogP contribution in [0.3, 0.4) is 0 Å². The molecule has 2 nitrogen and oxygen atoms in total. The van der Waals surface area contributed by atoms with E-state index >= 15 is 0 Å². The van der Waals surface area contributed by atoms with E-state index < -0.39 is 0 Å². The van der Waals surface area contributed by atoms with Crippen molar-refractivity contribution in [1.29, 1.82) is 0 Å². The first kappa shape index (κ1) is 24.2. The van der Waals surface area contributed by atoms with E-state index in [9.17, 15) is 0 Å². The summed E-state index contributed by atoms with van der Waals surface area (Å²) in [4.78, 5) is 6.92. The Labute approximate surface area is 162 Å². The summed E-state index contributed by atoms with van der Waals surface area (Å²) in [5, 5.41) is 0. The van der Waals surface area contributed by atoms with Gasteiger partial charge in [-0.25, -0.2) is 4.99 Å². The molecular formula is C24H40N2. The van der Waals surface area contributed by atoms with Crippen molar-refractivity contribution in [3.05, 3.63) is 60.0 Å². The summed E-state index contributed by atoms with van der Waals surface area (Å²) in [6, 6.07) is 0. The lowest BCUT2D eigenvalue weighted by atomic mass is 10.1. The predicted octanol–water partition coefficient (Wildman–Crippen LogP) is 7.30. The van der Waals surface area contributed by atoms with Crippen LogP contribution in [0, 0.1) is 11.8 Å². The molecule has 0 saturated heterocycles. The molecule has 0 fully saturated rings. The van der Waals surface area contributed by atoms with Crippen molar-refractivity contribution in [2.45, 2.75) is 67.7 Å². The van der Waals surface area contributed by atoms with Gasteiger partial charge in [-0.05, 0) is 38.2 Å². The van der Waals surface area contributed by atoms with Crippen molar-refractivity contribution in [3.63, 3.8) is 0 Å². The van der Waals surface area contributed by atoms with Crippen LogP contribution >= 0.6 is 0 Å². The summed E-state index contributed by atoms with van der Waals surface area (Å²) < 4.78 is 0. The molecule has 0 radical (unpaired) electrons. The highest BCUT2D eigenvalue weighted by atomic mass is 15.2. The molecule has 1 atom stereocenters. The maximum Gasteiger partial charge on any atom is 0.105 e. The van der Waals surface area contributed by atoms with E-state index in [1.54, 1.807) is 0 Å². The highest BCUT2D eigenvalue weighted by molar-refractivity contribution is 5.82. The molecule has 0 aromatic rings. The predicted molar refractivity (Wildman–Crippen MR) is 119 cm³/mol. The Morgan fingerprint density at radius 2 is 1.73 bits per heavy atom. The average Bonchev–Trinajstić information content (AvgIpc) is 2.62. The van der Waals surface area contributed by atoms with Crippen LogP contribution in [0.1, 0.15) is 67.7 Å². The molecule has 0 aliphatic carbocycles. The van der Waals surface area contributed by atoms with Gasteiger partial charge in [0, 0.05) is 24.9 Å². The van der Waals surface area contributed by atoms with Crippen molar-refractivity contribution >= 4 is 5.84 Å². The highest BCUT2D eigenvalue weighted by Gasteiger charge is 2.07. The zero-order valence-corrected chi connectivity index (χ0v) is 18.3. The molecule has 0 aromatic heterocycles. The summed E-state index contributed by atoms with van der Waals surface area (Å²) in [7, 11) is 2.04. The molecule has 0 aliphatic rings. The Bertz CT molecular complexity index is 571. The number of rotatable bonds is 10.